The normalized spacial score (nSPS) is 61.7. The van der Waals surface area contributed by atoms with Crippen molar-refractivity contribution in [3.8, 4) is 0 Å². The number of rotatable bonds is 0. The first kappa shape index (κ1) is 19.6. The molecule has 0 amide bonds. The van der Waals surface area contributed by atoms with E-state index in [1.54, 1.807) is 0 Å². The Morgan fingerprint density at radius 2 is 1.66 bits per heavy atom. The Kier molecular flexibility index (Phi) is 4.37. The van der Waals surface area contributed by atoms with E-state index < -0.39 is 0 Å². The summed E-state index contributed by atoms with van der Waals surface area (Å²) in [5.41, 5.74) is 1.13. The molecule has 3 unspecified atom stereocenters. The van der Waals surface area contributed by atoms with Crippen molar-refractivity contribution in [3.05, 3.63) is 0 Å². The minimum Gasteiger partial charge on any atom is -0.349 e. The molecule has 29 heavy (non-hydrogen) atoms. The third-order valence-corrected chi connectivity index (χ3v) is 11.9. The molecule has 164 valence electrons. The van der Waals surface area contributed by atoms with Crippen LogP contribution in [0, 0.1) is 52.3 Å². The highest BCUT2D eigenvalue weighted by atomic mass is 16.7. The molecule has 0 bridgehead atoms. The van der Waals surface area contributed by atoms with Crippen molar-refractivity contribution < 1.29 is 9.47 Å². The van der Waals surface area contributed by atoms with Gasteiger partial charge in [-0.3, -0.25) is 0 Å². The Hall–Kier alpha value is -0.0800. The van der Waals surface area contributed by atoms with Crippen LogP contribution in [0.15, 0.2) is 0 Å². The molecular weight excluding hydrogens is 356 g/mol. The van der Waals surface area contributed by atoms with Crippen LogP contribution in [0.4, 0.5) is 0 Å². The maximum atomic E-state index is 6.92. The largest absolute Gasteiger partial charge is 0.349 e. The monoisotopic (exact) mass is 400 g/mol. The highest BCUT2D eigenvalue weighted by molar-refractivity contribution is 5.15. The summed E-state index contributed by atoms with van der Waals surface area (Å²) < 4.78 is 13.4. The second-order valence-corrected chi connectivity index (χ2v) is 12.9. The van der Waals surface area contributed by atoms with E-state index >= 15 is 0 Å². The smallest absolute Gasteiger partial charge is 0.171 e. The lowest BCUT2D eigenvalue weighted by atomic mass is 9.44. The summed E-state index contributed by atoms with van der Waals surface area (Å²) in [7, 11) is 0. The van der Waals surface area contributed by atoms with Gasteiger partial charge in [-0.1, -0.05) is 40.5 Å². The fraction of sp³-hybridized carbons (Fsp3) is 1.00. The maximum absolute atomic E-state index is 6.92. The quantitative estimate of drug-likeness (QED) is 0.444. The average Bonchev–Trinajstić information content (AvgIpc) is 3.15. The van der Waals surface area contributed by atoms with Crippen LogP contribution in [-0.4, -0.2) is 18.5 Å². The number of hydrogen-bond acceptors (Lipinski definition) is 2. The first-order valence-electron chi connectivity index (χ1n) is 13.2. The van der Waals surface area contributed by atoms with Crippen molar-refractivity contribution in [3.63, 3.8) is 0 Å². The maximum Gasteiger partial charge on any atom is 0.171 e. The SMILES string of the molecule is C[C@H]1CC[C@]2(OC1)O[C@H]1CC3C4CC[C@H]5CCCC[C@]5(C)C4CC[C@]3(C)[C@H]1[C@@H]2C. The summed E-state index contributed by atoms with van der Waals surface area (Å²) in [6.07, 6.45) is 16.2. The third-order valence-electron chi connectivity index (χ3n) is 11.9. The van der Waals surface area contributed by atoms with E-state index in [0.717, 1.165) is 42.6 Å². The fourth-order valence-corrected chi connectivity index (χ4v) is 10.3. The Labute approximate surface area is 178 Å². The van der Waals surface area contributed by atoms with Crippen LogP contribution >= 0.6 is 0 Å². The van der Waals surface area contributed by atoms with Crippen molar-refractivity contribution in [2.45, 2.75) is 110 Å². The average molecular weight is 401 g/mol. The number of fused-ring (bicyclic) bond motifs is 7. The highest BCUT2D eigenvalue weighted by Crippen LogP contribution is 2.71. The van der Waals surface area contributed by atoms with Gasteiger partial charge < -0.3 is 9.47 Å². The van der Waals surface area contributed by atoms with Crippen molar-refractivity contribution in [2.75, 3.05) is 6.61 Å². The van der Waals surface area contributed by atoms with Gasteiger partial charge in [-0.2, -0.15) is 0 Å². The zero-order valence-corrected chi connectivity index (χ0v) is 19.4. The zero-order valence-electron chi connectivity index (χ0n) is 19.4. The molecule has 2 heterocycles. The van der Waals surface area contributed by atoms with E-state index in [0.29, 0.717) is 28.8 Å². The lowest BCUT2D eigenvalue weighted by molar-refractivity contribution is -0.273. The van der Waals surface area contributed by atoms with E-state index in [1.807, 2.05) is 0 Å². The van der Waals surface area contributed by atoms with Crippen molar-refractivity contribution >= 4 is 0 Å². The molecule has 0 N–H and O–H groups in total. The van der Waals surface area contributed by atoms with Gasteiger partial charge >= 0.3 is 0 Å². The summed E-state index contributed by atoms with van der Waals surface area (Å²) in [6, 6.07) is 0. The fourth-order valence-electron chi connectivity index (χ4n) is 10.3. The van der Waals surface area contributed by atoms with Crippen LogP contribution in [0.5, 0.6) is 0 Å². The van der Waals surface area contributed by atoms with Crippen LogP contribution in [0.2, 0.25) is 0 Å². The van der Waals surface area contributed by atoms with Gasteiger partial charge in [-0.25, -0.2) is 0 Å². The van der Waals surface area contributed by atoms with Gasteiger partial charge in [0.1, 0.15) is 0 Å². The molecule has 0 aromatic rings. The first-order chi connectivity index (χ1) is 13.9. The van der Waals surface area contributed by atoms with Crippen molar-refractivity contribution in [2.24, 2.45) is 52.3 Å². The van der Waals surface area contributed by atoms with Crippen molar-refractivity contribution in [1.29, 1.82) is 0 Å². The predicted octanol–water partition coefficient (Wildman–Crippen LogP) is 6.82. The molecule has 6 aliphatic rings. The minimum absolute atomic E-state index is 0.250. The Balaban J connectivity index is 1.27. The standard InChI is InChI=1S/C27H44O2/c1-17-10-14-27(28-16-17)18(2)24-23(29-27)15-22-20-9-8-19-7-5-6-12-25(19,3)21(20)11-13-26(22,24)4/h17-24H,5-16H2,1-4H3/t17-,18-,19+,20?,21?,22?,23-,24-,25-,26-,27-/m0/s1. The molecule has 4 saturated carbocycles. The van der Waals surface area contributed by atoms with Gasteiger partial charge in [0.05, 0.1) is 12.7 Å². The van der Waals surface area contributed by atoms with Gasteiger partial charge in [0.15, 0.2) is 5.79 Å². The molecule has 1 spiro atoms. The number of ether oxygens (including phenoxy) is 2. The molecule has 4 aliphatic carbocycles. The van der Waals surface area contributed by atoms with E-state index in [-0.39, 0.29) is 5.79 Å². The van der Waals surface area contributed by atoms with Crippen LogP contribution in [-0.2, 0) is 9.47 Å². The molecule has 6 fully saturated rings. The van der Waals surface area contributed by atoms with E-state index in [2.05, 4.69) is 27.7 Å². The molecule has 0 radical (unpaired) electrons. The summed E-state index contributed by atoms with van der Waals surface area (Å²) in [4.78, 5) is 0. The molecule has 11 atom stereocenters. The summed E-state index contributed by atoms with van der Waals surface area (Å²) in [5, 5.41) is 0. The van der Waals surface area contributed by atoms with Crippen LogP contribution in [0.3, 0.4) is 0 Å². The van der Waals surface area contributed by atoms with Gasteiger partial charge in [-0.05, 0) is 97.7 Å². The minimum atomic E-state index is -0.250. The Morgan fingerprint density at radius 1 is 0.793 bits per heavy atom. The second kappa shape index (κ2) is 6.47. The van der Waals surface area contributed by atoms with E-state index in [4.69, 9.17) is 9.47 Å². The Morgan fingerprint density at radius 3 is 2.45 bits per heavy atom. The lowest BCUT2D eigenvalue weighted by Gasteiger charge is -2.61. The summed E-state index contributed by atoms with van der Waals surface area (Å²) >= 11 is 0. The molecule has 2 aliphatic heterocycles. The Bertz CT molecular complexity index is 651. The lowest BCUT2D eigenvalue weighted by Crippen LogP contribution is -2.54. The zero-order chi connectivity index (χ0) is 20.0. The first-order valence-corrected chi connectivity index (χ1v) is 13.2. The highest BCUT2D eigenvalue weighted by Gasteiger charge is 2.68. The molecular formula is C27H44O2. The van der Waals surface area contributed by atoms with Crippen molar-refractivity contribution in [1.82, 2.24) is 0 Å². The molecule has 0 aromatic carbocycles. The van der Waals surface area contributed by atoms with Gasteiger partial charge in [0, 0.05) is 12.3 Å². The van der Waals surface area contributed by atoms with Crippen LogP contribution in [0.1, 0.15) is 98.3 Å². The summed E-state index contributed by atoms with van der Waals surface area (Å²) in [6.45, 7) is 11.1. The van der Waals surface area contributed by atoms with E-state index in [1.165, 1.54) is 64.2 Å². The van der Waals surface area contributed by atoms with Crippen LogP contribution in [0.25, 0.3) is 0 Å². The van der Waals surface area contributed by atoms with E-state index in [9.17, 15) is 0 Å². The predicted molar refractivity (Wildman–Crippen MR) is 116 cm³/mol. The molecule has 0 aromatic heterocycles. The molecule has 2 nitrogen and oxygen atoms in total. The van der Waals surface area contributed by atoms with Gasteiger partial charge in [0.25, 0.3) is 0 Å². The number of hydrogen-bond donors (Lipinski definition) is 0. The van der Waals surface area contributed by atoms with Gasteiger partial charge in [0.2, 0.25) is 0 Å². The molecule has 6 rings (SSSR count). The second-order valence-electron chi connectivity index (χ2n) is 12.9. The molecule has 2 saturated heterocycles. The van der Waals surface area contributed by atoms with Gasteiger partial charge in [-0.15, -0.1) is 0 Å². The molecule has 2 heteroatoms. The summed E-state index contributed by atoms with van der Waals surface area (Å²) in [5.74, 6) is 5.62. The van der Waals surface area contributed by atoms with Crippen LogP contribution < -0.4 is 0 Å². The third kappa shape index (κ3) is 2.54. The topological polar surface area (TPSA) is 18.5 Å².